The minimum Gasteiger partial charge on any atom is -0.331 e. The van der Waals surface area contributed by atoms with E-state index in [0.29, 0.717) is 0 Å². The van der Waals surface area contributed by atoms with Gasteiger partial charge in [-0.25, -0.2) is 4.79 Å². The van der Waals surface area contributed by atoms with Gasteiger partial charge in [0, 0.05) is 41.3 Å². The van der Waals surface area contributed by atoms with Gasteiger partial charge in [0.05, 0.1) is 0 Å². The van der Waals surface area contributed by atoms with Crippen molar-refractivity contribution in [2.24, 2.45) is 0 Å². The first-order valence-electron chi connectivity index (χ1n) is 5.36. The largest absolute Gasteiger partial charge is 0.331 e. The first kappa shape index (κ1) is 17.6. The molecule has 16 heavy (non-hydrogen) atoms. The van der Waals surface area contributed by atoms with Crippen LogP contribution in [0.5, 0.6) is 0 Å². The van der Waals surface area contributed by atoms with E-state index in [1.54, 1.807) is 28.2 Å². The Hall–Kier alpha value is -0.810. The van der Waals surface area contributed by atoms with E-state index in [2.05, 4.69) is 38.0 Å². The predicted octanol–water partition coefficient (Wildman–Crippen LogP) is 0.339. The van der Waals surface area contributed by atoms with Gasteiger partial charge in [-0.3, -0.25) is 0 Å². The van der Waals surface area contributed by atoms with Crippen molar-refractivity contribution in [1.29, 1.82) is 0 Å². The van der Waals surface area contributed by atoms with Crippen LogP contribution < -0.4 is 0 Å². The third-order valence-corrected chi connectivity index (χ3v) is 1.76. The zero-order valence-corrected chi connectivity index (χ0v) is 12.1. The van der Waals surface area contributed by atoms with Crippen molar-refractivity contribution in [2.75, 3.05) is 69.5 Å². The average Bonchev–Trinajstić information content (AvgIpc) is 2.14. The summed E-state index contributed by atoms with van der Waals surface area (Å²) in [5.74, 6) is 0. The molecule has 0 aliphatic carbocycles. The molecule has 0 N–H and O–H groups in total. The molecule has 0 aromatic carbocycles. The van der Waals surface area contributed by atoms with Gasteiger partial charge in [-0.15, -0.1) is 0 Å². The van der Waals surface area contributed by atoms with Gasteiger partial charge in [0.2, 0.25) is 0 Å². The quantitative estimate of drug-likeness (QED) is 0.703. The van der Waals surface area contributed by atoms with Crippen LogP contribution >= 0.6 is 0 Å². The van der Waals surface area contributed by atoms with Crippen LogP contribution in [0.4, 0.5) is 4.79 Å². The molecule has 0 saturated carbocycles. The second-order valence-electron chi connectivity index (χ2n) is 4.68. The number of carbonyl (C=O) groups is 1. The monoisotopic (exact) mass is 232 g/mol. The fourth-order valence-corrected chi connectivity index (χ4v) is 0.800. The molecule has 0 radical (unpaired) electrons. The van der Waals surface area contributed by atoms with Gasteiger partial charge >= 0.3 is 6.03 Å². The van der Waals surface area contributed by atoms with Gasteiger partial charge in [-0.2, -0.15) is 0 Å². The van der Waals surface area contributed by atoms with E-state index in [1.165, 1.54) is 9.80 Å². The number of amides is 2. The number of hydrogen-bond acceptors (Lipinski definition) is 3. The number of carbonyl (C=O) groups excluding carboxylic acids is 1. The fourth-order valence-electron chi connectivity index (χ4n) is 0.800. The lowest BCUT2D eigenvalue weighted by molar-refractivity contribution is 0.191. The number of likely N-dealkylation sites (N-methyl/N-ethyl adjacent to an activating group) is 2. The molecule has 0 aliphatic heterocycles. The molecule has 2 amide bonds. The Bertz CT molecular complexity index is 161. The summed E-state index contributed by atoms with van der Waals surface area (Å²) in [6.07, 6.45) is 0. The molecule has 0 aromatic rings. The molecule has 0 unspecified atom stereocenters. The van der Waals surface area contributed by atoms with E-state index in [1.807, 2.05) is 0 Å². The molecule has 0 aliphatic rings. The molecule has 98 valence electrons. The summed E-state index contributed by atoms with van der Waals surface area (Å²) in [6.45, 7) is 2.29. The highest BCUT2D eigenvalue weighted by Crippen LogP contribution is 1.83. The van der Waals surface area contributed by atoms with E-state index < -0.39 is 0 Å². The Labute approximate surface area is 101 Å². The fraction of sp³-hybridized carbons (Fsp3) is 0.909. The van der Waals surface area contributed by atoms with Crippen molar-refractivity contribution in [3.63, 3.8) is 0 Å². The standard InChI is InChI=1S/C6H16N2.C5H12N2O/c1-7(2)5-6-8(3)4;1-6(2)5(8)7(3)4/h5-6H2,1-4H3;1-4H3. The Kier molecular flexibility index (Phi) is 10.3. The maximum Gasteiger partial charge on any atom is 0.318 e. The number of urea groups is 1. The zero-order valence-electron chi connectivity index (χ0n) is 12.1. The summed E-state index contributed by atoms with van der Waals surface area (Å²) in [4.78, 5) is 18.1. The Morgan fingerprint density at radius 2 is 0.938 bits per heavy atom. The second-order valence-corrected chi connectivity index (χ2v) is 4.68. The second kappa shape index (κ2) is 9.42. The molecular weight excluding hydrogens is 204 g/mol. The Balaban J connectivity index is 0. The van der Waals surface area contributed by atoms with Crippen LogP contribution in [0.15, 0.2) is 0 Å². The molecule has 5 nitrogen and oxygen atoms in total. The van der Waals surface area contributed by atoms with Gasteiger partial charge in [-0.05, 0) is 28.2 Å². The zero-order chi connectivity index (χ0) is 13.3. The first-order chi connectivity index (χ1) is 7.18. The summed E-state index contributed by atoms with van der Waals surface area (Å²) in [7, 11) is 15.2. The first-order valence-corrected chi connectivity index (χ1v) is 5.36. The molecule has 5 heteroatoms. The van der Waals surface area contributed by atoms with Crippen molar-refractivity contribution in [1.82, 2.24) is 19.6 Å². The molecule has 0 bridgehead atoms. The summed E-state index contributed by atoms with van der Waals surface area (Å²) < 4.78 is 0. The normalized spacial score (nSPS) is 9.88. The Morgan fingerprint density at radius 1 is 0.688 bits per heavy atom. The van der Waals surface area contributed by atoms with Gasteiger partial charge < -0.3 is 19.6 Å². The predicted molar refractivity (Wildman–Crippen MR) is 69.9 cm³/mol. The molecule has 0 rings (SSSR count). The maximum atomic E-state index is 10.7. The summed E-state index contributed by atoms with van der Waals surface area (Å²) in [5.41, 5.74) is 0. The lowest BCUT2D eigenvalue weighted by Crippen LogP contribution is -2.33. The van der Waals surface area contributed by atoms with E-state index in [0.717, 1.165) is 13.1 Å². The minimum absolute atomic E-state index is 0.0185. The summed E-state index contributed by atoms with van der Waals surface area (Å²) >= 11 is 0. The molecule has 0 saturated heterocycles. The van der Waals surface area contributed by atoms with Crippen LogP contribution in [0.25, 0.3) is 0 Å². The highest BCUT2D eigenvalue weighted by molar-refractivity contribution is 5.72. The van der Waals surface area contributed by atoms with Gasteiger partial charge in [0.1, 0.15) is 0 Å². The molecule has 0 spiro atoms. The maximum absolute atomic E-state index is 10.7. The van der Waals surface area contributed by atoms with E-state index in [-0.39, 0.29) is 6.03 Å². The van der Waals surface area contributed by atoms with Gasteiger partial charge in [-0.1, -0.05) is 0 Å². The summed E-state index contributed by atoms with van der Waals surface area (Å²) in [6, 6.07) is 0.0185. The molecule has 0 heterocycles. The number of nitrogens with zero attached hydrogens (tertiary/aromatic N) is 4. The molecular formula is C11H28N4O. The van der Waals surface area contributed by atoms with Crippen LogP contribution in [0.2, 0.25) is 0 Å². The smallest absolute Gasteiger partial charge is 0.318 e. The van der Waals surface area contributed by atoms with Gasteiger partial charge in [0.25, 0.3) is 0 Å². The van der Waals surface area contributed by atoms with Crippen LogP contribution in [0.3, 0.4) is 0 Å². The minimum atomic E-state index is 0.0185. The highest BCUT2D eigenvalue weighted by atomic mass is 16.2. The van der Waals surface area contributed by atoms with Crippen LogP contribution in [0, 0.1) is 0 Å². The van der Waals surface area contributed by atoms with E-state index in [9.17, 15) is 4.79 Å². The average molecular weight is 232 g/mol. The van der Waals surface area contributed by atoms with Crippen LogP contribution in [0.1, 0.15) is 0 Å². The number of rotatable bonds is 3. The van der Waals surface area contributed by atoms with Crippen molar-refractivity contribution in [2.45, 2.75) is 0 Å². The number of hydrogen-bond donors (Lipinski definition) is 0. The summed E-state index contributed by atoms with van der Waals surface area (Å²) in [5, 5.41) is 0. The third kappa shape index (κ3) is 13.2. The molecule has 0 fully saturated rings. The van der Waals surface area contributed by atoms with Gasteiger partial charge in [0.15, 0.2) is 0 Å². The van der Waals surface area contributed by atoms with E-state index in [4.69, 9.17) is 0 Å². The SMILES string of the molecule is CN(C)C(=O)N(C)C.CN(C)CCN(C)C. The van der Waals surface area contributed by atoms with Crippen molar-refractivity contribution >= 4 is 6.03 Å². The third-order valence-electron chi connectivity index (χ3n) is 1.76. The van der Waals surface area contributed by atoms with Crippen molar-refractivity contribution < 1.29 is 4.79 Å². The molecule has 0 aromatic heterocycles. The van der Waals surface area contributed by atoms with Crippen molar-refractivity contribution in [3.8, 4) is 0 Å². The van der Waals surface area contributed by atoms with E-state index >= 15 is 0 Å². The Morgan fingerprint density at radius 3 is 1.00 bits per heavy atom. The van der Waals surface area contributed by atoms with Crippen LogP contribution in [-0.2, 0) is 0 Å². The lowest BCUT2D eigenvalue weighted by Gasteiger charge is -2.16. The van der Waals surface area contributed by atoms with Crippen molar-refractivity contribution in [3.05, 3.63) is 0 Å². The molecule has 0 atom stereocenters. The van der Waals surface area contributed by atoms with Crippen LogP contribution in [-0.4, -0.2) is 95.1 Å². The topological polar surface area (TPSA) is 30.0 Å². The lowest BCUT2D eigenvalue weighted by atomic mass is 10.5. The highest BCUT2D eigenvalue weighted by Gasteiger charge is 2.02.